The van der Waals surface area contributed by atoms with Gasteiger partial charge in [-0.3, -0.25) is 9.78 Å². The van der Waals surface area contributed by atoms with E-state index < -0.39 is 17.9 Å². The fraction of sp³-hybridized carbons (Fsp3) is 0.353. The number of benzene rings is 1. The third kappa shape index (κ3) is 2.93. The fourth-order valence-electron chi connectivity index (χ4n) is 2.51. The van der Waals surface area contributed by atoms with Crippen molar-refractivity contribution in [2.24, 2.45) is 0 Å². The quantitative estimate of drug-likeness (QED) is 0.857. The van der Waals surface area contributed by atoms with Gasteiger partial charge in [-0.05, 0) is 31.9 Å². The number of rotatable bonds is 5. The van der Waals surface area contributed by atoms with Crippen molar-refractivity contribution in [3.05, 3.63) is 41.1 Å². The van der Waals surface area contributed by atoms with Crippen LogP contribution in [0.25, 0.3) is 10.9 Å². The van der Waals surface area contributed by atoms with Gasteiger partial charge in [-0.2, -0.15) is 0 Å². The molecule has 2 rings (SSSR count). The van der Waals surface area contributed by atoms with Crippen LogP contribution in [0.1, 0.15) is 47.8 Å². The molecule has 1 heterocycles. The van der Waals surface area contributed by atoms with Gasteiger partial charge in [-0.15, -0.1) is 0 Å². The Morgan fingerprint density at radius 3 is 2.64 bits per heavy atom. The molecule has 0 saturated heterocycles. The Labute approximate surface area is 128 Å². The van der Waals surface area contributed by atoms with E-state index >= 15 is 0 Å². The fourth-order valence-corrected chi connectivity index (χ4v) is 2.51. The summed E-state index contributed by atoms with van der Waals surface area (Å²) in [5.41, 5.74) is 1.98. The lowest BCUT2D eigenvalue weighted by Gasteiger charge is -2.16. The van der Waals surface area contributed by atoms with E-state index in [0.717, 1.165) is 10.9 Å². The van der Waals surface area contributed by atoms with Gasteiger partial charge in [0.05, 0.1) is 29.3 Å². The number of ether oxygens (including phenoxy) is 1. The van der Waals surface area contributed by atoms with E-state index in [1.807, 2.05) is 32.0 Å². The third-order valence-electron chi connectivity index (χ3n) is 3.62. The molecule has 116 valence electrons. The Morgan fingerprint density at radius 2 is 2.05 bits per heavy atom. The largest absolute Gasteiger partial charge is 0.478 e. The maximum atomic E-state index is 12.1. The summed E-state index contributed by atoms with van der Waals surface area (Å²) in [5, 5.41) is 10.2. The van der Waals surface area contributed by atoms with Crippen LogP contribution in [0, 0.1) is 6.92 Å². The van der Waals surface area contributed by atoms with Crippen LogP contribution in [0.15, 0.2) is 24.3 Å². The monoisotopic (exact) mass is 301 g/mol. The van der Waals surface area contributed by atoms with Crippen LogP contribution in [0.2, 0.25) is 0 Å². The highest BCUT2D eigenvalue weighted by molar-refractivity contribution is 5.96. The summed E-state index contributed by atoms with van der Waals surface area (Å²) in [7, 11) is 0. The molecule has 1 N–H and O–H groups in total. The van der Waals surface area contributed by atoms with Gasteiger partial charge in [0.1, 0.15) is 0 Å². The van der Waals surface area contributed by atoms with E-state index in [1.54, 1.807) is 13.0 Å². The van der Waals surface area contributed by atoms with Gasteiger partial charge in [-0.1, -0.05) is 25.1 Å². The lowest BCUT2D eigenvalue weighted by molar-refractivity contribution is -0.145. The standard InChI is InChI=1S/C17H19NO4/c1-4-12(17(21)22-5-2)15-13(16(19)20)9-11-8-6-7-10(3)14(11)18-15/h6-9,12H,4-5H2,1-3H3,(H,19,20). The molecule has 1 atom stereocenters. The Hall–Kier alpha value is -2.43. The first-order valence-electron chi connectivity index (χ1n) is 7.29. The summed E-state index contributed by atoms with van der Waals surface area (Å²) in [6.07, 6.45) is 0.434. The second-order valence-electron chi connectivity index (χ2n) is 5.09. The maximum absolute atomic E-state index is 12.1. The van der Waals surface area contributed by atoms with Gasteiger partial charge < -0.3 is 9.84 Å². The number of aromatic nitrogens is 1. The minimum atomic E-state index is -1.09. The van der Waals surface area contributed by atoms with Gasteiger partial charge >= 0.3 is 11.9 Å². The van der Waals surface area contributed by atoms with Crippen LogP contribution in [-0.4, -0.2) is 28.6 Å². The molecule has 0 aliphatic carbocycles. The number of fused-ring (bicyclic) bond motifs is 1. The molecular formula is C17H19NO4. The first-order chi connectivity index (χ1) is 10.5. The molecule has 0 amide bonds. The molecular weight excluding hydrogens is 282 g/mol. The summed E-state index contributed by atoms with van der Waals surface area (Å²) in [6, 6.07) is 7.16. The third-order valence-corrected chi connectivity index (χ3v) is 3.62. The van der Waals surface area contributed by atoms with Crippen molar-refractivity contribution in [2.45, 2.75) is 33.1 Å². The molecule has 5 heteroatoms. The number of hydrogen-bond acceptors (Lipinski definition) is 4. The SMILES string of the molecule is CCOC(=O)C(CC)c1nc2c(C)cccc2cc1C(=O)O. The smallest absolute Gasteiger partial charge is 0.337 e. The number of carboxylic acid groups (broad SMARTS) is 1. The molecule has 1 aromatic heterocycles. The number of hydrogen-bond donors (Lipinski definition) is 1. The number of nitrogens with zero attached hydrogens (tertiary/aromatic N) is 1. The zero-order valence-corrected chi connectivity index (χ0v) is 12.9. The average Bonchev–Trinajstić information content (AvgIpc) is 2.48. The summed E-state index contributed by atoms with van der Waals surface area (Å²) in [6.45, 7) is 5.70. The molecule has 0 spiro atoms. The van der Waals surface area contributed by atoms with E-state index in [1.165, 1.54) is 0 Å². The topological polar surface area (TPSA) is 76.5 Å². The van der Waals surface area contributed by atoms with E-state index in [0.29, 0.717) is 11.9 Å². The van der Waals surface area contributed by atoms with E-state index in [9.17, 15) is 14.7 Å². The minimum absolute atomic E-state index is 0.0537. The van der Waals surface area contributed by atoms with Crippen molar-refractivity contribution in [2.75, 3.05) is 6.61 Å². The number of carbonyl (C=O) groups excluding carboxylic acids is 1. The molecule has 22 heavy (non-hydrogen) atoms. The zero-order chi connectivity index (χ0) is 16.3. The van der Waals surface area contributed by atoms with Gasteiger partial charge in [0.25, 0.3) is 0 Å². The highest BCUT2D eigenvalue weighted by atomic mass is 16.5. The Bertz CT molecular complexity index is 724. The van der Waals surface area contributed by atoms with Crippen LogP contribution in [0.5, 0.6) is 0 Å². The van der Waals surface area contributed by atoms with Crippen molar-refractivity contribution < 1.29 is 19.4 Å². The molecule has 0 radical (unpaired) electrons. The first kappa shape index (κ1) is 15.9. The van der Waals surface area contributed by atoms with Crippen LogP contribution < -0.4 is 0 Å². The summed E-state index contributed by atoms with van der Waals surface area (Å²) >= 11 is 0. The summed E-state index contributed by atoms with van der Waals surface area (Å²) in [5.74, 6) is -2.20. The molecule has 0 fully saturated rings. The van der Waals surface area contributed by atoms with Gasteiger partial charge in [0.2, 0.25) is 0 Å². The van der Waals surface area contributed by atoms with Crippen molar-refractivity contribution in [1.82, 2.24) is 4.98 Å². The minimum Gasteiger partial charge on any atom is -0.478 e. The lowest BCUT2D eigenvalue weighted by Crippen LogP contribution is -2.20. The van der Waals surface area contributed by atoms with Crippen LogP contribution in [-0.2, 0) is 9.53 Å². The van der Waals surface area contributed by atoms with Gasteiger partial charge in [-0.25, -0.2) is 4.79 Å². The van der Waals surface area contributed by atoms with Crippen molar-refractivity contribution in [1.29, 1.82) is 0 Å². The van der Waals surface area contributed by atoms with Crippen molar-refractivity contribution in [3.63, 3.8) is 0 Å². The number of pyridine rings is 1. The predicted molar refractivity (Wildman–Crippen MR) is 83.1 cm³/mol. The molecule has 1 unspecified atom stereocenters. The highest BCUT2D eigenvalue weighted by Gasteiger charge is 2.27. The number of aromatic carboxylic acids is 1. The lowest BCUT2D eigenvalue weighted by atomic mass is 9.95. The van der Waals surface area contributed by atoms with Crippen LogP contribution in [0.4, 0.5) is 0 Å². The molecule has 0 saturated carbocycles. The van der Waals surface area contributed by atoms with Crippen molar-refractivity contribution >= 4 is 22.8 Å². The number of esters is 1. The average molecular weight is 301 g/mol. The normalized spacial score (nSPS) is 12.1. The Morgan fingerprint density at radius 1 is 1.32 bits per heavy atom. The zero-order valence-electron chi connectivity index (χ0n) is 12.9. The summed E-state index contributed by atoms with van der Waals surface area (Å²) in [4.78, 5) is 28.2. The number of carboxylic acids is 1. The van der Waals surface area contributed by atoms with Crippen molar-refractivity contribution in [3.8, 4) is 0 Å². The van der Waals surface area contributed by atoms with E-state index in [4.69, 9.17) is 4.74 Å². The first-order valence-corrected chi connectivity index (χ1v) is 7.29. The Balaban J connectivity index is 2.68. The molecule has 0 aliphatic rings. The molecule has 0 bridgehead atoms. The number of carbonyl (C=O) groups is 2. The maximum Gasteiger partial charge on any atom is 0.337 e. The van der Waals surface area contributed by atoms with E-state index in [-0.39, 0.29) is 17.9 Å². The number of para-hydroxylation sites is 1. The van der Waals surface area contributed by atoms with E-state index in [2.05, 4.69) is 4.98 Å². The molecule has 1 aromatic carbocycles. The summed E-state index contributed by atoms with van der Waals surface area (Å²) < 4.78 is 5.05. The van der Waals surface area contributed by atoms with Crippen LogP contribution >= 0.6 is 0 Å². The Kier molecular flexibility index (Phi) is 4.75. The van der Waals surface area contributed by atoms with Gasteiger partial charge in [0, 0.05) is 5.39 Å². The molecule has 0 aliphatic heterocycles. The van der Waals surface area contributed by atoms with Crippen LogP contribution in [0.3, 0.4) is 0 Å². The highest BCUT2D eigenvalue weighted by Crippen LogP contribution is 2.27. The molecule has 2 aromatic rings. The second-order valence-corrected chi connectivity index (χ2v) is 5.09. The predicted octanol–water partition coefficient (Wildman–Crippen LogP) is 3.30. The molecule has 5 nitrogen and oxygen atoms in total. The van der Waals surface area contributed by atoms with Gasteiger partial charge in [0.15, 0.2) is 0 Å². The second kappa shape index (κ2) is 6.56. The number of aryl methyl sites for hydroxylation is 1.